The molecule has 108 valence electrons. The number of carboxylic acid groups (broad SMARTS) is 1. The topological polar surface area (TPSA) is 66.8 Å². The molecule has 1 atom stereocenters. The maximum Gasteiger partial charge on any atom is 0.411 e. The van der Waals surface area contributed by atoms with Gasteiger partial charge in [-0.05, 0) is 24.6 Å². The van der Waals surface area contributed by atoms with E-state index in [9.17, 15) is 14.7 Å². The summed E-state index contributed by atoms with van der Waals surface area (Å²) in [5.41, 5.74) is -1.04. The van der Waals surface area contributed by atoms with Crippen LogP contribution in [0.25, 0.3) is 0 Å². The smallest absolute Gasteiger partial charge is 0.411 e. The van der Waals surface area contributed by atoms with Crippen molar-refractivity contribution in [2.75, 3.05) is 13.7 Å². The van der Waals surface area contributed by atoms with E-state index in [0.717, 1.165) is 9.37 Å². The van der Waals surface area contributed by atoms with Crippen molar-refractivity contribution in [3.63, 3.8) is 0 Å². The van der Waals surface area contributed by atoms with Crippen LogP contribution in [0.4, 0.5) is 4.79 Å². The molecule has 0 aliphatic rings. The molecule has 0 aliphatic carbocycles. The number of hydrogen-bond donors (Lipinski definition) is 1. The van der Waals surface area contributed by atoms with E-state index in [1.165, 1.54) is 20.0 Å². The molecule has 1 unspecified atom stereocenters. The average molecular weight is 342 g/mol. The van der Waals surface area contributed by atoms with E-state index in [-0.39, 0.29) is 6.61 Å². The van der Waals surface area contributed by atoms with Crippen LogP contribution in [0.1, 0.15) is 12.5 Å². The van der Waals surface area contributed by atoms with E-state index < -0.39 is 17.6 Å². The molecular weight excluding hydrogens is 326 g/mol. The van der Waals surface area contributed by atoms with Crippen LogP contribution in [-0.4, -0.2) is 35.7 Å². The summed E-state index contributed by atoms with van der Waals surface area (Å²) in [5, 5.41) is 9.52. The lowest BCUT2D eigenvalue weighted by atomic mass is 9.91. The summed E-state index contributed by atoms with van der Waals surface area (Å²) in [6.45, 7) is 4.92. The predicted octanol–water partition coefficient (Wildman–Crippen LogP) is 3.00. The van der Waals surface area contributed by atoms with Gasteiger partial charge in [0.15, 0.2) is 5.54 Å². The molecule has 6 heteroatoms. The largest absolute Gasteiger partial charge is 0.479 e. The summed E-state index contributed by atoms with van der Waals surface area (Å²) in [6.07, 6.45) is 0.696. The first-order valence-electron chi connectivity index (χ1n) is 5.85. The highest BCUT2D eigenvalue weighted by molar-refractivity contribution is 9.10. The minimum atomic E-state index is -1.51. The SMILES string of the molecule is C=CCOC(=O)N(C)C(C)(C(=O)O)c1ccc(Br)cc1. The number of benzene rings is 1. The van der Waals surface area contributed by atoms with Gasteiger partial charge in [0.1, 0.15) is 6.61 Å². The number of aliphatic carboxylic acids is 1. The first kappa shape index (κ1) is 16.2. The van der Waals surface area contributed by atoms with Gasteiger partial charge in [-0.15, -0.1) is 0 Å². The fourth-order valence-electron chi connectivity index (χ4n) is 1.64. The van der Waals surface area contributed by atoms with Gasteiger partial charge in [-0.1, -0.05) is 40.7 Å². The van der Waals surface area contributed by atoms with Gasteiger partial charge in [-0.25, -0.2) is 9.59 Å². The third-order valence-corrected chi connectivity index (χ3v) is 3.62. The van der Waals surface area contributed by atoms with E-state index >= 15 is 0 Å². The number of amides is 1. The number of halogens is 1. The van der Waals surface area contributed by atoms with Crippen molar-refractivity contribution < 1.29 is 19.4 Å². The Morgan fingerprint density at radius 2 is 2.00 bits per heavy atom. The normalized spacial score (nSPS) is 13.2. The van der Waals surface area contributed by atoms with E-state index in [1.54, 1.807) is 24.3 Å². The summed E-state index contributed by atoms with van der Waals surface area (Å²) in [5.74, 6) is -1.14. The molecule has 1 aromatic rings. The lowest BCUT2D eigenvalue weighted by Gasteiger charge is -2.34. The highest BCUT2D eigenvalue weighted by Crippen LogP contribution is 2.29. The van der Waals surface area contributed by atoms with Gasteiger partial charge >= 0.3 is 12.1 Å². The Balaban J connectivity index is 3.14. The van der Waals surface area contributed by atoms with Crippen molar-refractivity contribution >= 4 is 28.0 Å². The van der Waals surface area contributed by atoms with E-state index in [1.807, 2.05) is 0 Å². The Kier molecular flexibility index (Phi) is 5.33. The Hall–Kier alpha value is -1.82. The summed E-state index contributed by atoms with van der Waals surface area (Å²) in [7, 11) is 1.39. The molecular formula is C14H16BrNO4. The van der Waals surface area contributed by atoms with Gasteiger partial charge in [-0.3, -0.25) is 4.90 Å². The highest BCUT2D eigenvalue weighted by Gasteiger charge is 2.42. The molecule has 1 amide bonds. The third-order valence-electron chi connectivity index (χ3n) is 3.09. The van der Waals surface area contributed by atoms with Crippen molar-refractivity contribution in [1.82, 2.24) is 4.90 Å². The summed E-state index contributed by atoms with van der Waals surface area (Å²) in [4.78, 5) is 24.6. The number of nitrogens with zero attached hydrogens (tertiary/aromatic N) is 1. The number of rotatable bonds is 5. The fourth-order valence-corrected chi connectivity index (χ4v) is 1.91. The van der Waals surface area contributed by atoms with Crippen molar-refractivity contribution in [3.05, 3.63) is 47.0 Å². The molecule has 1 rings (SSSR count). The van der Waals surface area contributed by atoms with Gasteiger partial charge in [-0.2, -0.15) is 0 Å². The first-order chi connectivity index (χ1) is 9.33. The molecule has 0 spiro atoms. The summed E-state index contributed by atoms with van der Waals surface area (Å²) < 4.78 is 5.72. The molecule has 0 bridgehead atoms. The fraction of sp³-hybridized carbons (Fsp3) is 0.286. The molecule has 0 fully saturated rings. The maximum absolute atomic E-state index is 11.9. The second kappa shape index (κ2) is 6.56. The van der Waals surface area contributed by atoms with Crippen LogP contribution in [0.15, 0.2) is 41.4 Å². The zero-order valence-corrected chi connectivity index (χ0v) is 12.9. The van der Waals surface area contributed by atoms with Crippen LogP contribution in [0.3, 0.4) is 0 Å². The minimum Gasteiger partial charge on any atom is -0.479 e. The number of carbonyl (C=O) groups is 2. The second-order valence-corrected chi connectivity index (χ2v) is 5.22. The zero-order chi connectivity index (χ0) is 15.3. The van der Waals surface area contributed by atoms with Crippen molar-refractivity contribution in [2.45, 2.75) is 12.5 Å². The number of carboxylic acids is 1. The van der Waals surface area contributed by atoms with Crippen molar-refractivity contribution in [1.29, 1.82) is 0 Å². The van der Waals surface area contributed by atoms with Crippen LogP contribution in [0, 0.1) is 0 Å². The standard InChI is InChI=1S/C14H16BrNO4/c1-4-9-20-13(19)16(3)14(2,12(17)18)10-5-7-11(15)8-6-10/h4-8H,1,9H2,2-3H3,(H,17,18). The Bertz CT molecular complexity index is 514. The Labute approximate surface area is 126 Å². The molecule has 0 radical (unpaired) electrons. The van der Waals surface area contributed by atoms with E-state index in [2.05, 4.69) is 22.5 Å². The molecule has 0 saturated carbocycles. The van der Waals surface area contributed by atoms with Crippen LogP contribution in [0.2, 0.25) is 0 Å². The lowest BCUT2D eigenvalue weighted by molar-refractivity contribution is -0.149. The highest BCUT2D eigenvalue weighted by atomic mass is 79.9. The van der Waals surface area contributed by atoms with Crippen LogP contribution >= 0.6 is 15.9 Å². The van der Waals surface area contributed by atoms with E-state index in [0.29, 0.717) is 5.56 Å². The second-order valence-electron chi connectivity index (χ2n) is 4.31. The molecule has 0 saturated heterocycles. The van der Waals surface area contributed by atoms with Crippen LogP contribution < -0.4 is 0 Å². The van der Waals surface area contributed by atoms with Gasteiger partial charge in [0.2, 0.25) is 0 Å². The van der Waals surface area contributed by atoms with Gasteiger partial charge in [0.05, 0.1) is 0 Å². The molecule has 5 nitrogen and oxygen atoms in total. The van der Waals surface area contributed by atoms with Gasteiger partial charge in [0, 0.05) is 11.5 Å². The van der Waals surface area contributed by atoms with Gasteiger partial charge in [0.25, 0.3) is 0 Å². The lowest BCUT2D eigenvalue weighted by Crippen LogP contribution is -2.50. The Morgan fingerprint density at radius 1 is 1.45 bits per heavy atom. The predicted molar refractivity (Wildman–Crippen MR) is 78.4 cm³/mol. The van der Waals surface area contributed by atoms with Crippen LogP contribution in [-0.2, 0) is 15.1 Å². The van der Waals surface area contributed by atoms with Crippen LogP contribution in [0.5, 0.6) is 0 Å². The Morgan fingerprint density at radius 3 is 2.45 bits per heavy atom. The number of carbonyl (C=O) groups excluding carboxylic acids is 1. The summed E-state index contributed by atoms with van der Waals surface area (Å²) >= 11 is 3.29. The maximum atomic E-state index is 11.9. The zero-order valence-electron chi connectivity index (χ0n) is 11.3. The molecule has 1 N–H and O–H groups in total. The number of hydrogen-bond acceptors (Lipinski definition) is 3. The van der Waals surface area contributed by atoms with Crippen molar-refractivity contribution in [3.8, 4) is 0 Å². The molecule has 0 aromatic heterocycles. The monoisotopic (exact) mass is 341 g/mol. The molecule has 0 aliphatic heterocycles. The first-order valence-corrected chi connectivity index (χ1v) is 6.64. The molecule has 1 aromatic carbocycles. The minimum absolute atomic E-state index is 0.0270. The third kappa shape index (κ3) is 3.19. The van der Waals surface area contributed by atoms with Gasteiger partial charge < -0.3 is 9.84 Å². The molecule has 20 heavy (non-hydrogen) atoms. The number of likely N-dealkylation sites (N-methyl/N-ethyl adjacent to an activating group) is 1. The quantitative estimate of drug-likeness (QED) is 0.836. The molecule has 0 heterocycles. The van der Waals surface area contributed by atoms with Crippen molar-refractivity contribution in [2.24, 2.45) is 0 Å². The number of ether oxygens (including phenoxy) is 1. The average Bonchev–Trinajstić information content (AvgIpc) is 2.43. The summed E-state index contributed by atoms with van der Waals surface area (Å²) in [6, 6.07) is 6.74. The van der Waals surface area contributed by atoms with E-state index in [4.69, 9.17) is 4.74 Å².